The summed E-state index contributed by atoms with van der Waals surface area (Å²) in [5, 5.41) is 3.10. The van der Waals surface area contributed by atoms with Gasteiger partial charge >= 0.3 is 0 Å². The predicted molar refractivity (Wildman–Crippen MR) is 84.5 cm³/mol. The second-order valence-electron chi connectivity index (χ2n) is 4.09. The monoisotopic (exact) mass is 355 g/mol. The quantitative estimate of drug-likeness (QED) is 0.736. The molecule has 0 radical (unpaired) electrons. The van der Waals surface area contributed by atoms with Crippen molar-refractivity contribution in [3.63, 3.8) is 0 Å². The summed E-state index contributed by atoms with van der Waals surface area (Å²) in [7, 11) is -2.12. The van der Waals surface area contributed by atoms with Crippen LogP contribution in [0.25, 0.3) is 0 Å². The number of halogens is 1. The van der Waals surface area contributed by atoms with Gasteiger partial charge in [0, 0.05) is 10.2 Å². The molecule has 2 aromatic carbocycles. The average Bonchev–Trinajstić information content (AvgIpc) is 2.43. The average molecular weight is 356 g/mol. The highest BCUT2D eigenvalue weighted by molar-refractivity contribution is 9.10. The fourth-order valence-corrected chi connectivity index (χ4v) is 2.64. The van der Waals surface area contributed by atoms with Crippen molar-refractivity contribution in [2.45, 2.75) is 4.90 Å². The molecule has 2 aromatic rings. The van der Waals surface area contributed by atoms with E-state index in [2.05, 4.69) is 26.0 Å². The first-order valence-electron chi connectivity index (χ1n) is 5.78. The summed E-state index contributed by atoms with van der Waals surface area (Å²) >= 11 is 3.35. The van der Waals surface area contributed by atoms with Crippen LogP contribution in [-0.2, 0) is 10.0 Å². The number of rotatable bonds is 4. The third-order valence-electron chi connectivity index (χ3n) is 2.73. The Kier molecular flexibility index (Phi) is 4.32. The second-order valence-corrected chi connectivity index (χ2v) is 6.89. The van der Waals surface area contributed by atoms with Gasteiger partial charge in [0.1, 0.15) is 0 Å². The highest BCUT2D eigenvalue weighted by atomic mass is 79.9. The van der Waals surface area contributed by atoms with E-state index in [9.17, 15) is 8.42 Å². The first-order chi connectivity index (χ1) is 9.42. The Labute approximate surface area is 126 Å². The van der Waals surface area contributed by atoms with Gasteiger partial charge in [-0.25, -0.2) is 13.1 Å². The van der Waals surface area contributed by atoms with Crippen LogP contribution in [0.2, 0.25) is 0 Å². The summed E-state index contributed by atoms with van der Waals surface area (Å²) in [6, 6.07) is 12.0. The Balaban J connectivity index is 2.36. The largest absolute Gasteiger partial charge is 0.397 e. The third kappa shape index (κ3) is 3.30. The lowest BCUT2D eigenvalue weighted by atomic mass is 10.2. The van der Waals surface area contributed by atoms with Crippen molar-refractivity contribution in [3.05, 3.63) is 46.9 Å². The molecule has 0 bridgehead atoms. The van der Waals surface area contributed by atoms with E-state index in [1.54, 1.807) is 6.07 Å². The van der Waals surface area contributed by atoms with Crippen molar-refractivity contribution in [1.82, 2.24) is 4.72 Å². The summed E-state index contributed by atoms with van der Waals surface area (Å²) in [6.45, 7) is 0. The van der Waals surface area contributed by atoms with Crippen molar-refractivity contribution in [3.8, 4) is 0 Å². The lowest BCUT2D eigenvalue weighted by Gasteiger charge is -2.11. The number of nitrogens with two attached hydrogens (primary N) is 1. The summed E-state index contributed by atoms with van der Waals surface area (Å²) in [5.41, 5.74) is 7.70. The Hall–Kier alpha value is -1.57. The van der Waals surface area contributed by atoms with Crippen molar-refractivity contribution in [2.24, 2.45) is 0 Å². The molecule has 106 valence electrons. The van der Waals surface area contributed by atoms with Crippen LogP contribution in [0.1, 0.15) is 0 Å². The van der Waals surface area contributed by atoms with Gasteiger partial charge < -0.3 is 11.1 Å². The highest BCUT2D eigenvalue weighted by Gasteiger charge is 2.13. The van der Waals surface area contributed by atoms with Crippen LogP contribution in [-0.4, -0.2) is 15.5 Å². The molecule has 0 fully saturated rings. The second kappa shape index (κ2) is 5.82. The van der Waals surface area contributed by atoms with E-state index < -0.39 is 10.0 Å². The zero-order chi connectivity index (χ0) is 14.8. The predicted octanol–water partition coefficient (Wildman–Crippen LogP) is 2.68. The fourth-order valence-electron chi connectivity index (χ4n) is 1.62. The molecule has 0 spiro atoms. The minimum absolute atomic E-state index is 0.161. The van der Waals surface area contributed by atoms with Crippen molar-refractivity contribution in [1.29, 1.82) is 0 Å². The maximum Gasteiger partial charge on any atom is 0.240 e. The SMILES string of the molecule is CNS(=O)(=O)c1ccc(N)c(Nc2ccc(Br)cc2)c1. The third-order valence-corrected chi connectivity index (χ3v) is 4.67. The first kappa shape index (κ1) is 14.8. The molecular formula is C13H14BrN3O2S. The topological polar surface area (TPSA) is 84.2 Å². The number of sulfonamides is 1. The van der Waals surface area contributed by atoms with E-state index in [1.165, 1.54) is 19.2 Å². The lowest BCUT2D eigenvalue weighted by Crippen LogP contribution is -2.18. The van der Waals surface area contributed by atoms with Crippen LogP contribution in [0, 0.1) is 0 Å². The Morgan fingerprint density at radius 2 is 1.75 bits per heavy atom. The smallest absolute Gasteiger partial charge is 0.240 e. The summed E-state index contributed by atoms with van der Waals surface area (Å²) < 4.78 is 26.8. The number of anilines is 3. The lowest BCUT2D eigenvalue weighted by molar-refractivity contribution is 0.588. The minimum Gasteiger partial charge on any atom is -0.397 e. The molecule has 0 amide bonds. The van der Waals surface area contributed by atoms with Gasteiger partial charge in [0.2, 0.25) is 10.0 Å². The molecule has 7 heteroatoms. The van der Waals surface area contributed by atoms with E-state index in [4.69, 9.17) is 5.73 Å². The van der Waals surface area contributed by atoms with E-state index in [-0.39, 0.29) is 4.90 Å². The van der Waals surface area contributed by atoms with Crippen LogP contribution in [0.15, 0.2) is 51.8 Å². The molecule has 0 unspecified atom stereocenters. The Morgan fingerprint density at radius 1 is 1.10 bits per heavy atom. The van der Waals surface area contributed by atoms with Gasteiger partial charge in [-0.15, -0.1) is 0 Å². The molecule has 4 N–H and O–H groups in total. The van der Waals surface area contributed by atoms with Crippen molar-refractivity contribution < 1.29 is 8.42 Å². The zero-order valence-corrected chi connectivity index (χ0v) is 13.1. The summed E-state index contributed by atoms with van der Waals surface area (Å²) in [4.78, 5) is 0.161. The van der Waals surface area contributed by atoms with Gasteiger partial charge in [0.15, 0.2) is 0 Å². The van der Waals surface area contributed by atoms with E-state index >= 15 is 0 Å². The van der Waals surface area contributed by atoms with Crippen LogP contribution < -0.4 is 15.8 Å². The van der Waals surface area contributed by atoms with E-state index in [0.29, 0.717) is 11.4 Å². The van der Waals surface area contributed by atoms with Gasteiger partial charge in [0.05, 0.1) is 16.3 Å². The number of benzene rings is 2. The molecule has 0 saturated carbocycles. The molecule has 5 nitrogen and oxygen atoms in total. The van der Waals surface area contributed by atoms with Crippen LogP contribution in [0.4, 0.5) is 17.1 Å². The van der Waals surface area contributed by atoms with Crippen LogP contribution >= 0.6 is 15.9 Å². The van der Waals surface area contributed by atoms with E-state index in [1.807, 2.05) is 24.3 Å². The van der Waals surface area contributed by atoms with Crippen LogP contribution in [0.5, 0.6) is 0 Å². The van der Waals surface area contributed by atoms with Gasteiger partial charge in [-0.2, -0.15) is 0 Å². The zero-order valence-electron chi connectivity index (χ0n) is 10.7. The highest BCUT2D eigenvalue weighted by Crippen LogP contribution is 2.26. The Bertz CT molecular complexity index is 715. The molecule has 20 heavy (non-hydrogen) atoms. The molecule has 0 saturated heterocycles. The van der Waals surface area contributed by atoms with Crippen molar-refractivity contribution >= 4 is 43.0 Å². The first-order valence-corrected chi connectivity index (χ1v) is 8.05. The van der Waals surface area contributed by atoms with E-state index in [0.717, 1.165) is 10.2 Å². The summed E-state index contributed by atoms with van der Waals surface area (Å²) in [5.74, 6) is 0. The molecule has 0 atom stereocenters. The Morgan fingerprint density at radius 3 is 2.35 bits per heavy atom. The van der Waals surface area contributed by atoms with Gasteiger partial charge in [-0.3, -0.25) is 0 Å². The summed E-state index contributed by atoms with van der Waals surface area (Å²) in [6.07, 6.45) is 0. The number of hydrogen-bond acceptors (Lipinski definition) is 4. The van der Waals surface area contributed by atoms with Crippen LogP contribution in [0.3, 0.4) is 0 Å². The maximum absolute atomic E-state index is 11.8. The molecule has 0 heterocycles. The minimum atomic E-state index is -3.49. The maximum atomic E-state index is 11.8. The number of nitrogen functional groups attached to an aromatic ring is 1. The fraction of sp³-hybridized carbons (Fsp3) is 0.0769. The van der Waals surface area contributed by atoms with Gasteiger partial charge in [-0.05, 0) is 49.5 Å². The molecule has 2 rings (SSSR count). The molecule has 0 aromatic heterocycles. The molecule has 0 aliphatic rings. The standard InChI is InChI=1S/C13H14BrN3O2S/c1-16-20(18,19)11-6-7-12(15)13(8-11)17-10-4-2-9(14)3-5-10/h2-8,16-17H,15H2,1H3. The molecule has 0 aliphatic heterocycles. The molecule has 0 aliphatic carbocycles. The van der Waals surface area contributed by atoms with Gasteiger partial charge in [-0.1, -0.05) is 15.9 Å². The van der Waals surface area contributed by atoms with Crippen molar-refractivity contribution in [2.75, 3.05) is 18.1 Å². The number of nitrogens with one attached hydrogen (secondary N) is 2. The molecular weight excluding hydrogens is 342 g/mol. The van der Waals surface area contributed by atoms with Gasteiger partial charge in [0.25, 0.3) is 0 Å². The normalized spacial score (nSPS) is 11.3. The number of hydrogen-bond donors (Lipinski definition) is 3.